The molecule has 0 bridgehead atoms. The lowest BCUT2D eigenvalue weighted by molar-refractivity contribution is 0.681. The zero-order chi connectivity index (χ0) is 7.94. The Balaban J connectivity index is 2.28. The van der Waals surface area contributed by atoms with Crippen LogP contribution in [0.3, 0.4) is 0 Å². The van der Waals surface area contributed by atoms with Crippen LogP contribution in [0.2, 0.25) is 0 Å². The van der Waals surface area contributed by atoms with Gasteiger partial charge in [0.1, 0.15) is 0 Å². The average Bonchev–Trinajstić information content (AvgIpc) is 2.07. The predicted octanol–water partition coefficient (Wildman–Crippen LogP) is 1.40. The molecule has 0 aliphatic rings. The molecule has 1 radical (unpaired) electrons. The van der Waals surface area contributed by atoms with Crippen molar-refractivity contribution in [3.05, 3.63) is 37.0 Å². The highest BCUT2D eigenvalue weighted by molar-refractivity contribution is 5.02. The molecular formula is C9H13N2. The van der Waals surface area contributed by atoms with Crippen molar-refractivity contribution in [2.24, 2.45) is 0 Å². The maximum Gasteiger partial charge on any atom is 0.0541 e. The lowest BCUT2D eigenvalue weighted by Gasteiger charge is -2.00. The van der Waals surface area contributed by atoms with Crippen LogP contribution in [0.1, 0.15) is 12.1 Å². The lowest BCUT2D eigenvalue weighted by Crippen LogP contribution is -2.14. The SMILES string of the molecule is [CH2]CCNCc1ccccn1. The second-order valence-electron chi connectivity index (χ2n) is 2.35. The smallest absolute Gasteiger partial charge is 0.0541 e. The molecule has 11 heavy (non-hydrogen) atoms. The maximum atomic E-state index is 4.17. The maximum absolute atomic E-state index is 4.17. The molecule has 1 N–H and O–H groups in total. The van der Waals surface area contributed by atoms with Crippen LogP contribution in [-0.4, -0.2) is 11.5 Å². The summed E-state index contributed by atoms with van der Waals surface area (Å²) >= 11 is 0. The third-order valence-corrected chi connectivity index (χ3v) is 1.39. The van der Waals surface area contributed by atoms with Gasteiger partial charge in [0.15, 0.2) is 0 Å². The third kappa shape index (κ3) is 3.14. The summed E-state index contributed by atoms with van der Waals surface area (Å²) in [5.74, 6) is 0. The monoisotopic (exact) mass is 149 g/mol. The zero-order valence-electron chi connectivity index (χ0n) is 6.59. The summed E-state index contributed by atoms with van der Waals surface area (Å²) in [6.07, 6.45) is 2.73. The van der Waals surface area contributed by atoms with Gasteiger partial charge in [-0.1, -0.05) is 13.0 Å². The second-order valence-corrected chi connectivity index (χ2v) is 2.35. The van der Waals surface area contributed by atoms with E-state index in [0.29, 0.717) is 0 Å². The van der Waals surface area contributed by atoms with E-state index in [-0.39, 0.29) is 0 Å². The standard InChI is InChI=1S/C9H13N2/c1-2-6-10-8-9-5-3-4-7-11-9/h3-5,7,10H,1-2,6,8H2. The molecule has 2 heteroatoms. The van der Waals surface area contributed by atoms with Gasteiger partial charge in [0.2, 0.25) is 0 Å². The number of hydrogen-bond donors (Lipinski definition) is 1. The van der Waals surface area contributed by atoms with Crippen molar-refractivity contribution in [3.8, 4) is 0 Å². The van der Waals surface area contributed by atoms with Gasteiger partial charge in [-0.2, -0.15) is 0 Å². The van der Waals surface area contributed by atoms with Gasteiger partial charge in [0, 0.05) is 12.7 Å². The Hall–Kier alpha value is -0.890. The van der Waals surface area contributed by atoms with E-state index < -0.39 is 0 Å². The zero-order valence-corrected chi connectivity index (χ0v) is 6.59. The second kappa shape index (κ2) is 4.85. The predicted molar refractivity (Wildman–Crippen MR) is 45.9 cm³/mol. The van der Waals surface area contributed by atoms with Gasteiger partial charge in [0.05, 0.1) is 5.69 Å². The normalized spacial score (nSPS) is 9.91. The molecule has 0 saturated heterocycles. The Bertz CT molecular complexity index is 184. The van der Waals surface area contributed by atoms with E-state index in [1.54, 1.807) is 6.20 Å². The molecule has 2 nitrogen and oxygen atoms in total. The summed E-state index contributed by atoms with van der Waals surface area (Å²) in [7, 11) is 0. The molecule has 1 aromatic heterocycles. The van der Waals surface area contributed by atoms with E-state index >= 15 is 0 Å². The number of aromatic nitrogens is 1. The summed E-state index contributed by atoms with van der Waals surface area (Å²) in [6.45, 7) is 5.53. The number of hydrogen-bond acceptors (Lipinski definition) is 2. The lowest BCUT2D eigenvalue weighted by atomic mass is 10.3. The van der Waals surface area contributed by atoms with Gasteiger partial charge in [0.25, 0.3) is 0 Å². The number of nitrogens with zero attached hydrogens (tertiary/aromatic N) is 1. The van der Waals surface area contributed by atoms with Gasteiger partial charge >= 0.3 is 0 Å². The molecule has 0 aliphatic carbocycles. The van der Waals surface area contributed by atoms with Crippen LogP contribution in [0, 0.1) is 6.92 Å². The molecule has 1 rings (SSSR count). The van der Waals surface area contributed by atoms with Crippen LogP contribution < -0.4 is 5.32 Å². The Morgan fingerprint density at radius 3 is 3.00 bits per heavy atom. The van der Waals surface area contributed by atoms with Crippen LogP contribution in [0.15, 0.2) is 24.4 Å². The molecule has 0 amide bonds. The van der Waals surface area contributed by atoms with E-state index in [4.69, 9.17) is 0 Å². The van der Waals surface area contributed by atoms with Gasteiger partial charge < -0.3 is 5.32 Å². The summed E-state index contributed by atoms with van der Waals surface area (Å²) in [6, 6.07) is 5.93. The molecule has 0 atom stereocenters. The van der Waals surface area contributed by atoms with Crippen LogP contribution in [0.5, 0.6) is 0 Å². The highest BCUT2D eigenvalue weighted by Gasteiger charge is 1.89. The Morgan fingerprint density at radius 2 is 2.36 bits per heavy atom. The first kappa shape index (κ1) is 8.21. The topological polar surface area (TPSA) is 24.9 Å². The van der Waals surface area contributed by atoms with Crippen molar-refractivity contribution < 1.29 is 0 Å². The molecule has 0 aromatic carbocycles. The van der Waals surface area contributed by atoms with Crippen LogP contribution in [0.4, 0.5) is 0 Å². The molecule has 59 valence electrons. The fourth-order valence-electron chi connectivity index (χ4n) is 0.844. The fraction of sp³-hybridized carbons (Fsp3) is 0.333. The van der Waals surface area contributed by atoms with Crippen molar-refractivity contribution in [1.29, 1.82) is 0 Å². The quantitative estimate of drug-likeness (QED) is 0.654. The van der Waals surface area contributed by atoms with Crippen molar-refractivity contribution in [2.45, 2.75) is 13.0 Å². The molecule has 0 fully saturated rings. The highest BCUT2D eigenvalue weighted by Crippen LogP contribution is 1.91. The van der Waals surface area contributed by atoms with Crippen LogP contribution >= 0.6 is 0 Å². The minimum Gasteiger partial charge on any atom is -0.311 e. The third-order valence-electron chi connectivity index (χ3n) is 1.39. The molecule has 0 aliphatic heterocycles. The summed E-state index contributed by atoms with van der Waals surface area (Å²) in [4.78, 5) is 4.17. The fourth-order valence-corrected chi connectivity index (χ4v) is 0.844. The average molecular weight is 149 g/mol. The van der Waals surface area contributed by atoms with Gasteiger partial charge in [-0.3, -0.25) is 4.98 Å². The largest absolute Gasteiger partial charge is 0.311 e. The van der Waals surface area contributed by atoms with E-state index in [0.717, 1.165) is 25.2 Å². The summed E-state index contributed by atoms with van der Waals surface area (Å²) in [5.41, 5.74) is 1.08. The van der Waals surface area contributed by atoms with Crippen molar-refractivity contribution in [1.82, 2.24) is 10.3 Å². The first-order valence-electron chi connectivity index (χ1n) is 3.83. The Labute approximate surface area is 67.7 Å². The summed E-state index contributed by atoms with van der Waals surface area (Å²) < 4.78 is 0. The van der Waals surface area contributed by atoms with Gasteiger partial charge in [-0.25, -0.2) is 0 Å². The number of pyridine rings is 1. The van der Waals surface area contributed by atoms with E-state index in [9.17, 15) is 0 Å². The molecule has 1 heterocycles. The minimum absolute atomic E-state index is 0.844. The number of nitrogens with one attached hydrogen (secondary N) is 1. The van der Waals surface area contributed by atoms with Crippen LogP contribution in [-0.2, 0) is 6.54 Å². The minimum atomic E-state index is 0.844. The number of rotatable bonds is 4. The van der Waals surface area contributed by atoms with Crippen molar-refractivity contribution in [3.63, 3.8) is 0 Å². The van der Waals surface area contributed by atoms with Gasteiger partial charge in [-0.15, -0.1) is 0 Å². The Kier molecular flexibility index (Phi) is 3.62. The van der Waals surface area contributed by atoms with Crippen molar-refractivity contribution >= 4 is 0 Å². The van der Waals surface area contributed by atoms with Gasteiger partial charge in [-0.05, 0) is 25.1 Å². The van der Waals surface area contributed by atoms with Crippen LogP contribution in [0.25, 0.3) is 0 Å². The molecule has 0 spiro atoms. The first-order chi connectivity index (χ1) is 5.43. The molecule has 1 aromatic rings. The van der Waals surface area contributed by atoms with E-state index in [2.05, 4.69) is 17.2 Å². The highest BCUT2D eigenvalue weighted by atomic mass is 14.9. The van der Waals surface area contributed by atoms with Crippen molar-refractivity contribution in [2.75, 3.05) is 6.54 Å². The molecule has 0 saturated carbocycles. The summed E-state index contributed by atoms with van der Waals surface area (Å²) in [5, 5.41) is 3.23. The first-order valence-corrected chi connectivity index (χ1v) is 3.83. The van der Waals surface area contributed by atoms with E-state index in [1.807, 2.05) is 18.2 Å². The molecule has 0 unspecified atom stereocenters. The Morgan fingerprint density at radius 1 is 1.45 bits per heavy atom. The van der Waals surface area contributed by atoms with E-state index in [1.165, 1.54) is 0 Å². The molecular weight excluding hydrogens is 136 g/mol.